The van der Waals surface area contributed by atoms with Crippen LogP contribution in [-0.2, 0) is 20.0 Å². The van der Waals surface area contributed by atoms with Crippen molar-refractivity contribution in [1.29, 1.82) is 0 Å². The van der Waals surface area contributed by atoms with Crippen LogP contribution in [0.15, 0.2) is 0 Å². The third-order valence-electron chi connectivity index (χ3n) is 3.68. The number of carbonyl (C=O) groups excluding carboxylic acids is 3. The van der Waals surface area contributed by atoms with Gasteiger partial charge in [0.15, 0.2) is 6.29 Å². The Morgan fingerprint density at radius 1 is 1.03 bits per heavy atom. The Balaban J connectivity index is -0.000000203. The Labute approximate surface area is 228 Å². The van der Waals surface area contributed by atoms with Crippen molar-refractivity contribution in [2.75, 3.05) is 0 Å². The monoisotopic (exact) mass is 535 g/mol. The molecule has 1 atom stereocenters. The van der Waals surface area contributed by atoms with Crippen LogP contribution in [0.4, 0.5) is 4.79 Å². The average Bonchev–Trinajstić information content (AvgIpc) is 2.45. The van der Waals surface area contributed by atoms with Crippen molar-refractivity contribution in [3.8, 4) is 0 Å². The molecule has 0 aliphatic carbocycles. The molecule has 1 saturated heterocycles. The van der Waals surface area contributed by atoms with E-state index in [1.807, 2.05) is 13.8 Å². The molecule has 0 aromatic carbocycles. The number of alkyl halides is 3. The molecule has 1 unspecified atom stereocenters. The molecule has 1 rings (SSSR count). The number of nitrogens with one attached hydrogen (secondary N) is 2. The number of aliphatic hydroxyl groups is 2. The molecule has 17 heteroatoms. The van der Waals surface area contributed by atoms with Gasteiger partial charge in [0.25, 0.3) is 0 Å². The standard InChI is InChI=1S/C11H18N2O3.C2H3Cl3O2.Mg.Na.H2O4S/c1-4-6-7(3)11(5-2)8(14)12-10(16)13-9(11)15;3-2(4,5)1(6)7;;;1-5(2,3)4/h7H,4-6H2,1-3H3,(H2,12,13,14,15,16);1,6-7H;;;(H2,1,2,3,4)/q;;+2;+1;. The largest absolute Gasteiger partial charge is 2.00 e. The zero-order chi connectivity index (χ0) is 22.9. The van der Waals surface area contributed by atoms with Crippen LogP contribution in [0.2, 0.25) is 0 Å². The number of barbiturate groups is 1. The van der Waals surface area contributed by atoms with E-state index in [1.165, 1.54) is 0 Å². The van der Waals surface area contributed by atoms with Gasteiger partial charge in [0.1, 0.15) is 5.41 Å². The second kappa shape index (κ2) is 16.6. The number of urea groups is 1. The van der Waals surface area contributed by atoms with Crippen molar-refractivity contribution >= 4 is 86.1 Å². The predicted molar refractivity (Wildman–Crippen MR) is 107 cm³/mol. The minimum atomic E-state index is -4.67. The SMILES string of the molecule is CCCC(C)C1(CC)C(=O)NC(=O)NC1=O.O=S(=O)(O)O.OC(O)C(Cl)(Cl)Cl.[Mg+2].[Na+]. The number of aliphatic hydroxyl groups excluding tert-OH is 1. The number of hydrogen-bond donors (Lipinski definition) is 6. The average molecular weight is 537 g/mol. The van der Waals surface area contributed by atoms with Gasteiger partial charge in [0.05, 0.1) is 0 Å². The van der Waals surface area contributed by atoms with Crippen molar-refractivity contribution < 1.29 is 71.7 Å². The predicted octanol–water partition coefficient (Wildman–Crippen LogP) is -2.18. The normalized spacial score (nSPS) is 16.3. The molecule has 4 amide bonds. The van der Waals surface area contributed by atoms with Gasteiger partial charge in [-0.3, -0.25) is 29.3 Å². The number of rotatable bonds is 4. The first kappa shape index (κ1) is 38.3. The quantitative estimate of drug-likeness (QED) is 0.0762. The van der Waals surface area contributed by atoms with E-state index >= 15 is 0 Å². The Bertz CT molecular complexity index is 635. The van der Waals surface area contributed by atoms with E-state index in [0.29, 0.717) is 6.42 Å². The first-order chi connectivity index (χ1) is 12.4. The molecule has 0 aromatic heterocycles. The summed E-state index contributed by atoms with van der Waals surface area (Å²) < 4.78 is 29.6. The molecule has 1 aliphatic rings. The van der Waals surface area contributed by atoms with Gasteiger partial charge in [-0.25, -0.2) is 4.79 Å². The summed E-state index contributed by atoms with van der Waals surface area (Å²) in [5.41, 5.74) is -1.09. The van der Waals surface area contributed by atoms with Gasteiger partial charge in [-0.2, -0.15) is 8.42 Å². The molecule has 166 valence electrons. The summed E-state index contributed by atoms with van der Waals surface area (Å²) in [4.78, 5) is 34.8. The van der Waals surface area contributed by atoms with Crippen molar-refractivity contribution in [2.45, 2.75) is 50.1 Å². The molecule has 6 N–H and O–H groups in total. The van der Waals surface area contributed by atoms with E-state index in [4.69, 9.17) is 62.5 Å². The summed E-state index contributed by atoms with van der Waals surface area (Å²) in [7, 11) is -4.67. The first-order valence-electron chi connectivity index (χ1n) is 7.72. The van der Waals surface area contributed by atoms with Gasteiger partial charge in [0, 0.05) is 0 Å². The third kappa shape index (κ3) is 15.0. The second-order valence-corrected chi connectivity index (χ2v) is 8.88. The number of imide groups is 2. The fourth-order valence-electron chi connectivity index (χ4n) is 2.36. The van der Waals surface area contributed by atoms with E-state index in [-0.39, 0.29) is 58.5 Å². The number of carbonyl (C=O) groups is 3. The molecule has 11 nitrogen and oxygen atoms in total. The molecule has 0 aromatic rings. The van der Waals surface area contributed by atoms with Gasteiger partial charge >= 0.3 is 69.0 Å². The van der Waals surface area contributed by atoms with Crippen LogP contribution in [0.3, 0.4) is 0 Å². The van der Waals surface area contributed by atoms with Gasteiger partial charge in [-0.05, 0) is 18.8 Å². The Morgan fingerprint density at radius 2 is 1.33 bits per heavy atom. The van der Waals surface area contributed by atoms with E-state index in [9.17, 15) is 14.4 Å². The summed E-state index contributed by atoms with van der Waals surface area (Å²) in [6.07, 6.45) is 0.178. The van der Waals surface area contributed by atoms with Crippen molar-refractivity contribution in [3.05, 3.63) is 0 Å². The number of hydrogen-bond acceptors (Lipinski definition) is 7. The van der Waals surface area contributed by atoms with Crippen LogP contribution in [0.25, 0.3) is 0 Å². The van der Waals surface area contributed by atoms with Crippen LogP contribution < -0.4 is 40.2 Å². The summed E-state index contributed by atoms with van der Waals surface area (Å²) in [5.74, 6) is -1.01. The van der Waals surface area contributed by atoms with Crippen molar-refractivity contribution in [3.63, 3.8) is 0 Å². The van der Waals surface area contributed by atoms with Gasteiger partial charge in [-0.1, -0.05) is 62.0 Å². The maximum atomic E-state index is 11.9. The zero-order valence-corrected chi connectivity index (χ0v) is 23.4. The van der Waals surface area contributed by atoms with E-state index < -0.39 is 43.7 Å². The molecule has 0 saturated carbocycles. The van der Waals surface area contributed by atoms with E-state index in [2.05, 4.69) is 10.6 Å². The minimum absolute atomic E-state index is 0. The third-order valence-corrected chi connectivity index (χ3v) is 4.26. The van der Waals surface area contributed by atoms with Gasteiger partial charge < -0.3 is 10.2 Å². The van der Waals surface area contributed by atoms with Crippen molar-refractivity contribution in [2.24, 2.45) is 11.3 Å². The minimum Gasteiger partial charge on any atom is -0.365 e. The molecule has 1 heterocycles. The fraction of sp³-hybridized carbons (Fsp3) is 0.769. The summed E-state index contributed by atoms with van der Waals surface area (Å²) in [5, 5.41) is 20.5. The summed E-state index contributed by atoms with van der Waals surface area (Å²) in [6, 6.07) is -0.720. The van der Waals surface area contributed by atoms with Gasteiger partial charge in [0.2, 0.25) is 15.6 Å². The molecule has 1 fully saturated rings. The Hall–Kier alpha value is 1.04. The number of halogens is 3. The van der Waals surface area contributed by atoms with E-state index in [0.717, 1.165) is 12.8 Å². The van der Waals surface area contributed by atoms with Crippen molar-refractivity contribution in [1.82, 2.24) is 10.6 Å². The maximum absolute atomic E-state index is 11.9. The van der Waals surface area contributed by atoms with Gasteiger partial charge in [-0.15, -0.1) is 0 Å². The Kier molecular flexibility index (Phi) is 21.2. The summed E-state index contributed by atoms with van der Waals surface area (Å²) >= 11 is 14.7. The van der Waals surface area contributed by atoms with Crippen LogP contribution >= 0.6 is 34.8 Å². The molecule has 30 heavy (non-hydrogen) atoms. The zero-order valence-electron chi connectivity index (χ0n) is 16.9. The van der Waals surface area contributed by atoms with E-state index in [1.54, 1.807) is 6.92 Å². The Morgan fingerprint density at radius 3 is 1.53 bits per heavy atom. The first-order valence-corrected chi connectivity index (χ1v) is 10.3. The van der Waals surface area contributed by atoms with Crippen LogP contribution in [-0.4, -0.2) is 78.7 Å². The van der Waals surface area contributed by atoms with Crippen LogP contribution in [0.5, 0.6) is 0 Å². The second-order valence-electron chi connectivity index (χ2n) is 5.62. The number of amides is 4. The smallest absolute Gasteiger partial charge is 0.365 e. The topological polar surface area (TPSA) is 190 Å². The molecule has 1 aliphatic heterocycles. The molecule has 0 bridgehead atoms. The molecular formula is C13H23Cl3MgN2NaO9S+3. The summed E-state index contributed by atoms with van der Waals surface area (Å²) in [6.45, 7) is 5.67. The molecular weight excluding hydrogens is 514 g/mol. The van der Waals surface area contributed by atoms with Crippen LogP contribution in [0, 0.1) is 11.3 Å². The molecule has 0 radical (unpaired) electrons. The molecule has 0 spiro atoms. The van der Waals surface area contributed by atoms with Crippen LogP contribution in [0.1, 0.15) is 40.0 Å². The maximum Gasteiger partial charge on any atom is 2.00 e. The fourth-order valence-corrected chi connectivity index (χ4v) is 2.36.